The quantitative estimate of drug-likeness (QED) is 0.901. The lowest BCUT2D eigenvalue weighted by atomic mass is 9.98. The Morgan fingerprint density at radius 2 is 2.36 bits per heavy atom. The molecule has 1 unspecified atom stereocenters. The van der Waals surface area contributed by atoms with Gasteiger partial charge in [-0.05, 0) is 46.8 Å². The highest BCUT2D eigenvalue weighted by molar-refractivity contribution is 9.11. The maximum absolute atomic E-state index is 10.9. The first kappa shape index (κ1) is 10.2. The van der Waals surface area contributed by atoms with E-state index < -0.39 is 0 Å². The Hall–Kier alpha value is -0.350. The van der Waals surface area contributed by atoms with Crippen molar-refractivity contribution in [2.24, 2.45) is 11.7 Å². The monoisotopic (exact) mass is 273 g/mol. The van der Waals surface area contributed by atoms with Gasteiger partial charge in [0.25, 0.3) is 0 Å². The van der Waals surface area contributed by atoms with Crippen LogP contribution in [0.3, 0.4) is 0 Å². The molecule has 0 radical (unpaired) electrons. The van der Waals surface area contributed by atoms with Gasteiger partial charge < -0.3 is 5.73 Å². The molecule has 1 amide bonds. The lowest BCUT2D eigenvalue weighted by Crippen LogP contribution is -2.15. The second kappa shape index (κ2) is 4.03. The molecule has 76 valence electrons. The van der Waals surface area contributed by atoms with Crippen molar-refractivity contribution in [2.75, 3.05) is 0 Å². The number of hydrogen-bond acceptors (Lipinski definition) is 2. The summed E-state index contributed by atoms with van der Waals surface area (Å²) in [5.74, 6) is 0.864. The molecule has 4 heteroatoms. The molecule has 0 bridgehead atoms. The zero-order valence-corrected chi connectivity index (χ0v) is 10.1. The van der Waals surface area contributed by atoms with Crippen LogP contribution >= 0.6 is 27.3 Å². The van der Waals surface area contributed by atoms with Crippen LogP contribution in [0.15, 0.2) is 15.9 Å². The molecule has 1 aliphatic rings. The van der Waals surface area contributed by atoms with Gasteiger partial charge in [0.15, 0.2) is 0 Å². The van der Waals surface area contributed by atoms with E-state index in [0.717, 1.165) is 3.79 Å². The van der Waals surface area contributed by atoms with Crippen LogP contribution in [-0.2, 0) is 4.79 Å². The molecular formula is C10H12BrNOS. The van der Waals surface area contributed by atoms with Crippen LogP contribution in [0.2, 0.25) is 0 Å². The minimum atomic E-state index is -0.188. The zero-order valence-electron chi connectivity index (χ0n) is 7.70. The van der Waals surface area contributed by atoms with E-state index >= 15 is 0 Å². The SMILES string of the molecule is NC(=O)CC(c1ccc(Br)s1)C1CC1. The standard InChI is InChI=1S/C10H12BrNOS/c11-9-4-3-8(14-9)7(5-10(12)13)6-1-2-6/h3-4,6-7H,1-2,5H2,(H2,12,13). The summed E-state index contributed by atoms with van der Waals surface area (Å²) in [4.78, 5) is 12.2. The number of amides is 1. The third-order valence-corrected chi connectivity index (χ3v) is 4.33. The smallest absolute Gasteiger partial charge is 0.218 e. The Morgan fingerprint density at radius 3 is 2.79 bits per heavy atom. The molecule has 1 aromatic heterocycles. The van der Waals surface area contributed by atoms with Crippen molar-refractivity contribution in [1.29, 1.82) is 0 Å². The van der Waals surface area contributed by atoms with Crippen LogP contribution < -0.4 is 5.73 Å². The molecule has 1 fully saturated rings. The summed E-state index contributed by atoms with van der Waals surface area (Å²) in [5, 5.41) is 0. The molecule has 0 aliphatic heterocycles. The average Bonchev–Trinajstić information content (AvgIpc) is 2.85. The molecule has 1 aliphatic carbocycles. The number of thiophene rings is 1. The van der Waals surface area contributed by atoms with Crippen LogP contribution in [0.1, 0.15) is 30.1 Å². The van der Waals surface area contributed by atoms with E-state index in [4.69, 9.17) is 5.73 Å². The summed E-state index contributed by atoms with van der Waals surface area (Å²) in [6.07, 6.45) is 2.98. The van der Waals surface area contributed by atoms with Crippen molar-refractivity contribution >= 4 is 33.2 Å². The Kier molecular flexibility index (Phi) is 2.93. The van der Waals surface area contributed by atoms with Crippen LogP contribution in [0.4, 0.5) is 0 Å². The lowest BCUT2D eigenvalue weighted by molar-refractivity contribution is -0.118. The number of carbonyl (C=O) groups is 1. The van der Waals surface area contributed by atoms with Gasteiger partial charge in [-0.1, -0.05) is 0 Å². The second-order valence-corrected chi connectivity index (χ2v) is 6.25. The number of halogens is 1. The Morgan fingerprint density at radius 1 is 1.64 bits per heavy atom. The third kappa shape index (κ3) is 2.36. The third-order valence-electron chi connectivity index (χ3n) is 2.57. The normalized spacial score (nSPS) is 18.1. The van der Waals surface area contributed by atoms with Crippen molar-refractivity contribution in [2.45, 2.75) is 25.2 Å². The summed E-state index contributed by atoms with van der Waals surface area (Å²) < 4.78 is 1.13. The van der Waals surface area contributed by atoms with Gasteiger partial charge in [-0.15, -0.1) is 11.3 Å². The van der Waals surface area contributed by atoms with E-state index in [0.29, 0.717) is 18.3 Å². The van der Waals surface area contributed by atoms with Crippen LogP contribution in [0.5, 0.6) is 0 Å². The van der Waals surface area contributed by atoms with Crippen molar-refractivity contribution in [3.05, 3.63) is 20.8 Å². The average molecular weight is 274 g/mol. The van der Waals surface area contributed by atoms with Crippen LogP contribution in [-0.4, -0.2) is 5.91 Å². The summed E-state index contributed by atoms with van der Waals surface area (Å²) in [6.45, 7) is 0. The fraction of sp³-hybridized carbons (Fsp3) is 0.500. The predicted molar refractivity (Wildman–Crippen MR) is 61.3 cm³/mol. The molecule has 1 saturated carbocycles. The van der Waals surface area contributed by atoms with Crippen molar-refractivity contribution in [3.8, 4) is 0 Å². The molecular weight excluding hydrogens is 262 g/mol. The van der Waals surface area contributed by atoms with E-state index in [1.54, 1.807) is 11.3 Å². The summed E-state index contributed by atoms with van der Waals surface area (Å²) in [5.41, 5.74) is 5.26. The molecule has 0 spiro atoms. The Bertz CT molecular complexity index is 346. The van der Waals surface area contributed by atoms with E-state index in [-0.39, 0.29) is 5.91 Å². The van der Waals surface area contributed by atoms with Gasteiger partial charge in [0.05, 0.1) is 3.79 Å². The fourth-order valence-corrected chi connectivity index (χ4v) is 3.36. The zero-order chi connectivity index (χ0) is 10.1. The first-order valence-electron chi connectivity index (χ1n) is 4.70. The van der Waals surface area contributed by atoms with E-state index in [1.807, 2.05) is 6.07 Å². The Balaban J connectivity index is 2.13. The number of nitrogens with two attached hydrogens (primary N) is 1. The number of carbonyl (C=O) groups excluding carboxylic acids is 1. The number of primary amides is 1. The maximum Gasteiger partial charge on any atom is 0.218 e. The van der Waals surface area contributed by atoms with Gasteiger partial charge in [0.2, 0.25) is 5.91 Å². The summed E-state index contributed by atoms with van der Waals surface area (Å²) in [7, 11) is 0. The molecule has 1 atom stereocenters. The van der Waals surface area contributed by atoms with E-state index in [2.05, 4.69) is 22.0 Å². The highest BCUT2D eigenvalue weighted by atomic mass is 79.9. The molecule has 1 aromatic rings. The second-order valence-electron chi connectivity index (χ2n) is 3.76. The van der Waals surface area contributed by atoms with Gasteiger partial charge >= 0.3 is 0 Å². The van der Waals surface area contributed by atoms with Crippen molar-refractivity contribution < 1.29 is 4.79 Å². The largest absolute Gasteiger partial charge is 0.370 e. The van der Waals surface area contributed by atoms with E-state index in [1.165, 1.54) is 17.7 Å². The highest BCUT2D eigenvalue weighted by Gasteiger charge is 2.33. The van der Waals surface area contributed by atoms with Crippen molar-refractivity contribution in [1.82, 2.24) is 0 Å². The van der Waals surface area contributed by atoms with Gasteiger partial charge in [0, 0.05) is 17.2 Å². The Labute approximate surface area is 95.6 Å². The summed E-state index contributed by atoms with van der Waals surface area (Å²) in [6, 6.07) is 4.14. The summed E-state index contributed by atoms with van der Waals surface area (Å²) >= 11 is 5.15. The predicted octanol–water partition coefficient (Wildman–Crippen LogP) is 2.88. The number of rotatable bonds is 4. The molecule has 0 aromatic carbocycles. The lowest BCUT2D eigenvalue weighted by Gasteiger charge is -2.11. The maximum atomic E-state index is 10.9. The first-order valence-corrected chi connectivity index (χ1v) is 6.31. The molecule has 14 heavy (non-hydrogen) atoms. The molecule has 1 heterocycles. The van der Waals surface area contributed by atoms with Gasteiger partial charge in [-0.3, -0.25) is 4.79 Å². The van der Waals surface area contributed by atoms with Gasteiger partial charge in [-0.25, -0.2) is 0 Å². The highest BCUT2D eigenvalue weighted by Crippen LogP contribution is 2.46. The molecule has 2 N–H and O–H groups in total. The van der Waals surface area contributed by atoms with Gasteiger partial charge in [-0.2, -0.15) is 0 Å². The first-order chi connectivity index (χ1) is 6.66. The fourth-order valence-electron chi connectivity index (χ4n) is 1.74. The van der Waals surface area contributed by atoms with Crippen LogP contribution in [0.25, 0.3) is 0 Å². The number of hydrogen-bond donors (Lipinski definition) is 1. The van der Waals surface area contributed by atoms with Crippen molar-refractivity contribution in [3.63, 3.8) is 0 Å². The minimum absolute atomic E-state index is 0.188. The van der Waals surface area contributed by atoms with E-state index in [9.17, 15) is 4.79 Å². The topological polar surface area (TPSA) is 43.1 Å². The molecule has 2 nitrogen and oxygen atoms in total. The molecule has 0 saturated heterocycles. The molecule has 2 rings (SSSR count). The van der Waals surface area contributed by atoms with Crippen LogP contribution in [0, 0.1) is 5.92 Å². The minimum Gasteiger partial charge on any atom is -0.370 e. The van der Waals surface area contributed by atoms with Gasteiger partial charge in [0.1, 0.15) is 0 Å².